The highest BCUT2D eigenvalue weighted by molar-refractivity contribution is 9.13. The average Bonchev–Trinajstić information content (AvgIpc) is 3.00. The van der Waals surface area contributed by atoms with Gasteiger partial charge in [0.25, 0.3) is 5.91 Å². The lowest BCUT2D eigenvalue weighted by molar-refractivity contribution is 0.103. The van der Waals surface area contributed by atoms with Crippen molar-refractivity contribution >= 4 is 54.8 Å². The van der Waals surface area contributed by atoms with Crippen molar-refractivity contribution in [2.45, 2.75) is 6.61 Å². The number of ether oxygens (including phenoxy) is 2. The summed E-state index contributed by atoms with van der Waals surface area (Å²) in [7, 11) is 1.57. The van der Waals surface area contributed by atoms with Gasteiger partial charge in [-0.1, -0.05) is 6.07 Å². The Morgan fingerprint density at radius 3 is 2.73 bits per heavy atom. The van der Waals surface area contributed by atoms with E-state index in [9.17, 15) is 4.79 Å². The van der Waals surface area contributed by atoms with Crippen LogP contribution in [0.5, 0.6) is 11.5 Å². The second-order valence-electron chi connectivity index (χ2n) is 5.20. The Balaban J connectivity index is 1.75. The van der Waals surface area contributed by atoms with Gasteiger partial charge in [-0.2, -0.15) is 0 Å². The Hall–Kier alpha value is -1.90. The van der Waals surface area contributed by atoms with Crippen LogP contribution in [0.25, 0.3) is 0 Å². The number of nitrogens with zero attached hydrogens (tertiary/aromatic N) is 1. The van der Waals surface area contributed by atoms with Crippen LogP contribution in [0.4, 0.5) is 5.69 Å². The number of aromatic nitrogens is 1. The Bertz CT molecular complexity index is 897. The van der Waals surface area contributed by atoms with E-state index < -0.39 is 0 Å². The lowest BCUT2D eigenvalue weighted by atomic mass is 10.2. The molecule has 0 unspecified atom stereocenters. The molecule has 0 atom stereocenters. The van der Waals surface area contributed by atoms with Crippen LogP contribution < -0.4 is 14.8 Å². The summed E-state index contributed by atoms with van der Waals surface area (Å²) in [6.07, 6.45) is 3.45. The summed E-state index contributed by atoms with van der Waals surface area (Å²) in [5, 5.41) is 2.87. The number of carbonyl (C=O) groups excluding carboxylic acids is 1. The maximum absolute atomic E-state index is 12.4. The molecular formula is C18H14Br2N2O3S. The van der Waals surface area contributed by atoms with Crippen molar-refractivity contribution in [2.24, 2.45) is 0 Å². The van der Waals surface area contributed by atoms with E-state index in [2.05, 4.69) is 42.2 Å². The van der Waals surface area contributed by atoms with Gasteiger partial charge in [-0.25, -0.2) is 0 Å². The third-order valence-corrected chi connectivity index (χ3v) is 6.66. The summed E-state index contributed by atoms with van der Waals surface area (Å²) >= 11 is 8.13. The highest BCUT2D eigenvalue weighted by Gasteiger charge is 2.14. The van der Waals surface area contributed by atoms with E-state index in [1.165, 1.54) is 11.3 Å². The number of methoxy groups -OCH3 is 1. The van der Waals surface area contributed by atoms with E-state index in [1.807, 2.05) is 12.1 Å². The molecule has 0 saturated carbocycles. The quantitative estimate of drug-likeness (QED) is 0.487. The zero-order valence-corrected chi connectivity index (χ0v) is 17.7. The van der Waals surface area contributed by atoms with Crippen LogP contribution in [-0.4, -0.2) is 18.0 Å². The van der Waals surface area contributed by atoms with Crippen molar-refractivity contribution in [3.63, 3.8) is 0 Å². The summed E-state index contributed by atoms with van der Waals surface area (Å²) in [4.78, 5) is 17.1. The van der Waals surface area contributed by atoms with Crippen molar-refractivity contribution < 1.29 is 14.3 Å². The second kappa shape index (κ2) is 8.66. The molecule has 0 radical (unpaired) electrons. The maximum Gasteiger partial charge on any atom is 0.265 e. The van der Waals surface area contributed by atoms with E-state index in [-0.39, 0.29) is 5.91 Å². The number of nitrogens with one attached hydrogen (secondary N) is 1. The molecule has 0 saturated heterocycles. The minimum absolute atomic E-state index is 0.190. The SMILES string of the molecule is COc1ccc(NC(=O)c2cc(Br)c(Br)s2)cc1OCc1cccnc1. The third kappa shape index (κ3) is 4.63. The minimum Gasteiger partial charge on any atom is -0.493 e. The van der Waals surface area contributed by atoms with Crippen LogP contribution in [0.3, 0.4) is 0 Å². The van der Waals surface area contributed by atoms with Crippen molar-refractivity contribution in [1.29, 1.82) is 0 Å². The van der Waals surface area contributed by atoms with Gasteiger partial charge in [-0.05, 0) is 56.1 Å². The zero-order chi connectivity index (χ0) is 18.5. The summed E-state index contributed by atoms with van der Waals surface area (Å²) in [6, 6.07) is 10.8. The van der Waals surface area contributed by atoms with Gasteiger partial charge in [-0.15, -0.1) is 11.3 Å². The van der Waals surface area contributed by atoms with Gasteiger partial charge in [0.15, 0.2) is 11.5 Å². The zero-order valence-electron chi connectivity index (χ0n) is 13.7. The third-order valence-electron chi connectivity index (χ3n) is 3.41. The fourth-order valence-electron chi connectivity index (χ4n) is 2.16. The van der Waals surface area contributed by atoms with Crippen LogP contribution in [-0.2, 0) is 6.61 Å². The van der Waals surface area contributed by atoms with Gasteiger partial charge >= 0.3 is 0 Å². The van der Waals surface area contributed by atoms with Gasteiger partial charge in [-0.3, -0.25) is 9.78 Å². The molecule has 1 aromatic carbocycles. The van der Waals surface area contributed by atoms with Gasteiger partial charge in [0.05, 0.1) is 15.8 Å². The number of carbonyl (C=O) groups is 1. The standard InChI is InChI=1S/C18H14Br2N2O3S/c1-24-14-5-4-12(22-18(23)16-8-13(19)17(20)26-16)7-15(14)25-10-11-3-2-6-21-9-11/h2-9H,10H2,1H3,(H,22,23). The number of anilines is 1. The number of pyridine rings is 1. The molecule has 3 rings (SSSR count). The van der Waals surface area contributed by atoms with Crippen LogP contribution in [0, 0.1) is 0 Å². The van der Waals surface area contributed by atoms with Crippen molar-refractivity contribution in [3.8, 4) is 11.5 Å². The fourth-order valence-corrected chi connectivity index (χ4v) is 4.09. The molecule has 1 N–H and O–H groups in total. The van der Waals surface area contributed by atoms with Crippen LogP contribution in [0.15, 0.2) is 57.1 Å². The molecule has 1 amide bonds. The molecule has 26 heavy (non-hydrogen) atoms. The van der Waals surface area contributed by atoms with Gasteiger partial charge in [0.2, 0.25) is 0 Å². The monoisotopic (exact) mass is 496 g/mol. The first-order valence-corrected chi connectivity index (χ1v) is 9.93. The molecule has 5 nitrogen and oxygen atoms in total. The first-order valence-electron chi connectivity index (χ1n) is 7.52. The van der Waals surface area contributed by atoms with E-state index >= 15 is 0 Å². The molecule has 2 aromatic heterocycles. The fraction of sp³-hybridized carbons (Fsp3) is 0.111. The highest BCUT2D eigenvalue weighted by atomic mass is 79.9. The Labute approximate surface area is 171 Å². The number of thiophene rings is 1. The first-order chi connectivity index (χ1) is 12.6. The lowest BCUT2D eigenvalue weighted by Gasteiger charge is -2.13. The maximum atomic E-state index is 12.4. The minimum atomic E-state index is -0.190. The van der Waals surface area contributed by atoms with E-state index in [0.717, 1.165) is 13.8 Å². The number of hydrogen-bond donors (Lipinski definition) is 1. The molecule has 0 aliphatic carbocycles. The predicted octanol–water partition coefficient (Wildman–Crippen LogP) is 5.51. The number of benzene rings is 1. The van der Waals surface area contributed by atoms with Crippen molar-refractivity contribution in [2.75, 3.05) is 12.4 Å². The van der Waals surface area contributed by atoms with Crippen molar-refractivity contribution in [3.05, 3.63) is 67.5 Å². The van der Waals surface area contributed by atoms with Gasteiger partial charge in [0, 0.05) is 34.2 Å². The average molecular weight is 498 g/mol. The summed E-state index contributed by atoms with van der Waals surface area (Å²) in [5.74, 6) is 0.945. The molecule has 0 aliphatic heterocycles. The second-order valence-corrected chi connectivity index (χ2v) is 8.43. The molecule has 0 aliphatic rings. The topological polar surface area (TPSA) is 60.5 Å². The largest absolute Gasteiger partial charge is 0.493 e. The van der Waals surface area contributed by atoms with E-state index in [1.54, 1.807) is 43.8 Å². The lowest BCUT2D eigenvalue weighted by Crippen LogP contribution is -2.10. The van der Waals surface area contributed by atoms with Crippen molar-refractivity contribution in [1.82, 2.24) is 4.98 Å². The highest BCUT2D eigenvalue weighted by Crippen LogP contribution is 2.34. The number of amides is 1. The summed E-state index contributed by atoms with van der Waals surface area (Å²) in [6.45, 7) is 0.354. The van der Waals surface area contributed by atoms with E-state index in [4.69, 9.17) is 9.47 Å². The molecule has 3 aromatic rings. The normalized spacial score (nSPS) is 10.4. The molecule has 8 heteroatoms. The molecule has 0 fully saturated rings. The number of hydrogen-bond acceptors (Lipinski definition) is 5. The Morgan fingerprint density at radius 1 is 1.23 bits per heavy atom. The first kappa shape index (κ1) is 18.9. The molecule has 134 valence electrons. The predicted molar refractivity (Wildman–Crippen MR) is 109 cm³/mol. The number of halogens is 2. The molecule has 2 heterocycles. The van der Waals surface area contributed by atoms with E-state index in [0.29, 0.717) is 28.7 Å². The molecular weight excluding hydrogens is 484 g/mol. The number of rotatable bonds is 6. The summed E-state index contributed by atoms with van der Waals surface area (Å²) in [5.41, 5.74) is 1.56. The Morgan fingerprint density at radius 2 is 2.08 bits per heavy atom. The van der Waals surface area contributed by atoms with Gasteiger partial charge in [0.1, 0.15) is 6.61 Å². The smallest absolute Gasteiger partial charge is 0.265 e. The summed E-state index contributed by atoms with van der Waals surface area (Å²) < 4.78 is 12.9. The van der Waals surface area contributed by atoms with Crippen LogP contribution >= 0.6 is 43.2 Å². The van der Waals surface area contributed by atoms with Gasteiger partial charge < -0.3 is 14.8 Å². The van der Waals surface area contributed by atoms with Crippen LogP contribution in [0.2, 0.25) is 0 Å². The molecule has 0 bridgehead atoms. The Kier molecular flexibility index (Phi) is 6.29. The van der Waals surface area contributed by atoms with Crippen LogP contribution in [0.1, 0.15) is 15.2 Å². The molecule has 0 spiro atoms.